The molecule has 0 fully saturated rings. The summed E-state index contributed by atoms with van der Waals surface area (Å²) in [6, 6.07) is 10.5. The number of rotatable bonds is 11. The minimum atomic E-state index is 0. The van der Waals surface area contributed by atoms with Crippen LogP contribution in [-0.4, -0.2) is 31.1 Å². The molecule has 0 aliphatic carbocycles. The van der Waals surface area contributed by atoms with E-state index in [1.54, 1.807) is 11.3 Å². The highest BCUT2D eigenvalue weighted by Gasteiger charge is 2.03. The van der Waals surface area contributed by atoms with Crippen molar-refractivity contribution in [3.8, 4) is 28.7 Å². The first-order valence-corrected chi connectivity index (χ1v) is 11.6. The lowest BCUT2D eigenvalue weighted by Crippen LogP contribution is -2.24. The molecule has 2 nitrogen and oxygen atoms in total. The predicted molar refractivity (Wildman–Crippen MR) is 135 cm³/mol. The van der Waals surface area contributed by atoms with Gasteiger partial charge in [-0.2, -0.15) is 11.3 Å². The van der Waals surface area contributed by atoms with Crippen LogP contribution in [0.5, 0.6) is 5.75 Å². The number of hydrogen-bond acceptors (Lipinski definition) is 3. The Balaban J connectivity index is 0.00000450. The zero-order valence-electron chi connectivity index (χ0n) is 18.8. The van der Waals surface area contributed by atoms with Gasteiger partial charge < -0.3 is 4.74 Å². The van der Waals surface area contributed by atoms with Gasteiger partial charge in [0.15, 0.2) is 0 Å². The number of thiophene rings is 1. The fourth-order valence-corrected chi connectivity index (χ4v) is 3.56. The first kappa shape index (κ1) is 26.3. The minimum absolute atomic E-state index is 0. The van der Waals surface area contributed by atoms with Gasteiger partial charge in [-0.1, -0.05) is 37.0 Å². The molecular formula is C26H36ClNOS. The van der Waals surface area contributed by atoms with Crippen LogP contribution in [-0.2, 0) is 0 Å². The summed E-state index contributed by atoms with van der Waals surface area (Å²) in [5, 5.41) is 4.28. The van der Waals surface area contributed by atoms with E-state index >= 15 is 0 Å². The summed E-state index contributed by atoms with van der Waals surface area (Å²) >= 11 is 1.72. The number of nitrogens with zero attached hydrogens (tertiary/aromatic N) is 1. The number of hydrogen-bond donors (Lipinski definition) is 0. The minimum Gasteiger partial charge on any atom is -0.494 e. The van der Waals surface area contributed by atoms with E-state index in [2.05, 4.69) is 85.5 Å². The Morgan fingerprint density at radius 1 is 1.10 bits per heavy atom. The first-order valence-electron chi connectivity index (χ1n) is 10.6. The van der Waals surface area contributed by atoms with Crippen molar-refractivity contribution in [2.24, 2.45) is 5.41 Å². The normalized spacial score (nSPS) is 11.2. The number of unbranched alkanes of at least 4 members (excludes halogenated alkanes) is 2. The van der Waals surface area contributed by atoms with Crippen LogP contribution in [0.4, 0.5) is 0 Å². The molecular weight excluding hydrogens is 410 g/mol. The van der Waals surface area contributed by atoms with Gasteiger partial charge in [0.2, 0.25) is 0 Å². The molecule has 0 bridgehead atoms. The van der Waals surface area contributed by atoms with E-state index in [1.165, 1.54) is 24.0 Å². The molecule has 0 amide bonds. The number of likely N-dealkylation sites (N-methyl/N-ethyl adjacent to an activating group) is 1. The van der Waals surface area contributed by atoms with Crippen molar-refractivity contribution in [3.05, 3.63) is 53.2 Å². The monoisotopic (exact) mass is 445 g/mol. The number of halogens is 1. The summed E-state index contributed by atoms with van der Waals surface area (Å²) in [4.78, 5) is 2.46. The van der Waals surface area contributed by atoms with Crippen molar-refractivity contribution in [1.29, 1.82) is 0 Å². The standard InChI is InChI=1S/C26H35NOS.ClH/c1-5-27(17-9-6-8-16-26(2,3)4)18-10-7-11-19-28-25-14-12-13-23(21-25)24-15-20-29-22-24;/h6,9,12-15,20-22H,5,7,10-11,17-19H2,1-4H3;1H/b9-6+;. The smallest absolute Gasteiger partial charge is 0.119 e. The van der Waals surface area contributed by atoms with Gasteiger partial charge in [-0.05, 0) is 99.3 Å². The molecule has 164 valence electrons. The highest BCUT2D eigenvalue weighted by atomic mass is 35.5. The van der Waals surface area contributed by atoms with Gasteiger partial charge in [-0.3, -0.25) is 4.90 Å². The molecule has 4 heteroatoms. The molecule has 30 heavy (non-hydrogen) atoms. The number of ether oxygens (including phenoxy) is 1. The lowest BCUT2D eigenvalue weighted by molar-refractivity contribution is 0.284. The fourth-order valence-electron chi connectivity index (χ4n) is 2.90. The highest BCUT2D eigenvalue weighted by Crippen LogP contribution is 2.25. The zero-order chi connectivity index (χ0) is 21.0. The van der Waals surface area contributed by atoms with Gasteiger partial charge in [0.25, 0.3) is 0 Å². The third-order valence-corrected chi connectivity index (χ3v) is 5.22. The maximum atomic E-state index is 5.96. The van der Waals surface area contributed by atoms with E-state index < -0.39 is 0 Å². The van der Waals surface area contributed by atoms with Crippen LogP contribution in [0.25, 0.3) is 11.1 Å². The Morgan fingerprint density at radius 3 is 2.63 bits per heavy atom. The van der Waals surface area contributed by atoms with Crippen molar-refractivity contribution in [2.75, 3.05) is 26.2 Å². The summed E-state index contributed by atoms with van der Waals surface area (Å²) in [5.74, 6) is 7.34. The van der Waals surface area contributed by atoms with Crippen LogP contribution in [0.3, 0.4) is 0 Å². The van der Waals surface area contributed by atoms with E-state index in [-0.39, 0.29) is 17.8 Å². The topological polar surface area (TPSA) is 12.5 Å². The molecule has 1 aromatic carbocycles. The van der Waals surface area contributed by atoms with Gasteiger partial charge in [-0.25, -0.2) is 0 Å². The number of allylic oxidation sites excluding steroid dienone is 1. The summed E-state index contributed by atoms with van der Waals surface area (Å²) in [5.41, 5.74) is 2.56. The van der Waals surface area contributed by atoms with E-state index in [4.69, 9.17) is 4.74 Å². The van der Waals surface area contributed by atoms with Crippen LogP contribution in [0.1, 0.15) is 47.0 Å². The summed E-state index contributed by atoms with van der Waals surface area (Å²) in [6.45, 7) is 12.6. The van der Waals surface area contributed by atoms with Gasteiger partial charge in [0.05, 0.1) is 6.61 Å². The van der Waals surface area contributed by atoms with Gasteiger partial charge in [-0.15, -0.1) is 12.4 Å². The SMILES string of the molecule is CCN(C/C=C/C#CC(C)(C)C)CCCCCOc1cccc(-c2ccsc2)c1.Cl. The molecule has 0 aliphatic rings. The van der Waals surface area contributed by atoms with Crippen LogP contribution in [0.2, 0.25) is 0 Å². The van der Waals surface area contributed by atoms with Gasteiger partial charge >= 0.3 is 0 Å². The molecule has 1 aromatic heterocycles. The van der Waals surface area contributed by atoms with Gasteiger partial charge in [0, 0.05) is 12.0 Å². The van der Waals surface area contributed by atoms with Crippen LogP contribution in [0, 0.1) is 17.3 Å². The first-order chi connectivity index (χ1) is 14.0. The largest absolute Gasteiger partial charge is 0.494 e. The fraction of sp³-hybridized carbons (Fsp3) is 0.462. The van der Waals surface area contributed by atoms with Crippen molar-refractivity contribution < 1.29 is 4.74 Å². The quantitative estimate of drug-likeness (QED) is 0.265. The Hall–Kier alpha value is -1.73. The molecule has 0 saturated heterocycles. The second kappa shape index (κ2) is 14.3. The van der Waals surface area contributed by atoms with Crippen molar-refractivity contribution in [3.63, 3.8) is 0 Å². The maximum Gasteiger partial charge on any atom is 0.119 e. The molecule has 0 aliphatic heterocycles. The molecule has 2 aromatic rings. The van der Waals surface area contributed by atoms with Crippen LogP contribution >= 0.6 is 23.7 Å². The van der Waals surface area contributed by atoms with E-state index in [0.29, 0.717) is 0 Å². The predicted octanol–water partition coefficient (Wildman–Crippen LogP) is 7.31. The van der Waals surface area contributed by atoms with Crippen molar-refractivity contribution in [2.45, 2.75) is 47.0 Å². The molecule has 1 heterocycles. The highest BCUT2D eigenvalue weighted by molar-refractivity contribution is 7.08. The van der Waals surface area contributed by atoms with Gasteiger partial charge in [0.1, 0.15) is 5.75 Å². The summed E-state index contributed by atoms with van der Waals surface area (Å²) < 4.78 is 5.96. The van der Waals surface area contributed by atoms with Crippen LogP contribution < -0.4 is 4.74 Å². The Kier molecular flexibility index (Phi) is 12.5. The third kappa shape index (κ3) is 10.9. The summed E-state index contributed by atoms with van der Waals surface area (Å²) in [7, 11) is 0. The summed E-state index contributed by atoms with van der Waals surface area (Å²) in [6.07, 6.45) is 7.65. The number of benzene rings is 1. The molecule has 0 spiro atoms. The molecule has 0 unspecified atom stereocenters. The lowest BCUT2D eigenvalue weighted by atomic mass is 9.98. The molecule has 0 saturated carbocycles. The van der Waals surface area contributed by atoms with E-state index in [0.717, 1.165) is 38.4 Å². The molecule has 0 radical (unpaired) electrons. The third-order valence-electron chi connectivity index (χ3n) is 4.54. The maximum absolute atomic E-state index is 5.96. The molecule has 0 N–H and O–H groups in total. The second-order valence-electron chi connectivity index (χ2n) is 8.26. The lowest BCUT2D eigenvalue weighted by Gasteiger charge is -2.18. The van der Waals surface area contributed by atoms with E-state index in [1.807, 2.05) is 12.1 Å². The van der Waals surface area contributed by atoms with Crippen molar-refractivity contribution >= 4 is 23.7 Å². The van der Waals surface area contributed by atoms with E-state index in [9.17, 15) is 0 Å². The van der Waals surface area contributed by atoms with Crippen molar-refractivity contribution in [1.82, 2.24) is 4.90 Å². The second-order valence-corrected chi connectivity index (χ2v) is 9.04. The molecule has 0 atom stereocenters. The Morgan fingerprint density at radius 2 is 1.93 bits per heavy atom. The molecule has 2 rings (SSSR count). The Labute approximate surface area is 193 Å². The Bertz CT molecular complexity index is 796. The average molecular weight is 446 g/mol. The average Bonchev–Trinajstić information content (AvgIpc) is 3.23. The van der Waals surface area contributed by atoms with Crippen LogP contribution in [0.15, 0.2) is 53.2 Å². The zero-order valence-corrected chi connectivity index (χ0v) is 20.5.